The summed E-state index contributed by atoms with van der Waals surface area (Å²) in [5.74, 6) is 0. The molecule has 0 atom stereocenters. The minimum atomic E-state index is 0.836. The third-order valence-corrected chi connectivity index (χ3v) is 4.44. The number of pyridine rings is 1. The second-order valence-corrected chi connectivity index (χ2v) is 5.95. The first-order valence-electron chi connectivity index (χ1n) is 5.68. The molecule has 3 aromatic heterocycles. The van der Waals surface area contributed by atoms with Gasteiger partial charge in [-0.25, -0.2) is 4.52 Å². The Labute approximate surface area is 118 Å². The van der Waals surface area contributed by atoms with Gasteiger partial charge in [-0.05, 0) is 34.1 Å². The summed E-state index contributed by atoms with van der Waals surface area (Å²) in [4.78, 5) is 1.33. The number of thiophene rings is 1. The Bertz CT molecular complexity index is 659. The molecular formula is C13H12BrN3S. The molecule has 0 spiro atoms. The van der Waals surface area contributed by atoms with E-state index in [1.807, 2.05) is 29.0 Å². The van der Waals surface area contributed by atoms with E-state index in [1.165, 1.54) is 10.4 Å². The van der Waals surface area contributed by atoms with Gasteiger partial charge in [0.15, 0.2) is 0 Å². The van der Waals surface area contributed by atoms with Crippen molar-refractivity contribution in [2.75, 3.05) is 0 Å². The van der Waals surface area contributed by atoms with Crippen molar-refractivity contribution in [1.29, 1.82) is 0 Å². The topological polar surface area (TPSA) is 29.3 Å². The SMILES string of the molecule is Brc1csc(CNCc2cnn3ccccc23)c1. The van der Waals surface area contributed by atoms with E-state index in [0.717, 1.165) is 23.1 Å². The number of hydrogen-bond acceptors (Lipinski definition) is 3. The number of rotatable bonds is 4. The highest BCUT2D eigenvalue weighted by molar-refractivity contribution is 9.10. The highest BCUT2D eigenvalue weighted by Crippen LogP contribution is 2.19. The molecule has 0 aliphatic heterocycles. The molecule has 0 fully saturated rings. The number of nitrogens with one attached hydrogen (secondary N) is 1. The molecule has 18 heavy (non-hydrogen) atoms. The lowest BCUT2D eigenvalue weighted by Crippen LogP contribution is -2.11. The predicted molar refractivity (Wildman–Crippen MR) is 77.8 cm³/mol. The van der Waals surface area contributed by atoms with Crippen molar-refractivity contribution >= 4 is 32.8 Å². The van der Waals surface area contributed by atoms with E-state index in [-0.39, 0.29) is 0 Å². The first-order chi connectivity index (χ1) is 8.83. The molecule has 3 nitrogen and oxygen atoms in total. The number of aromatic nitrogens is 2. The van der Waals surface area contributed by atoms with Crippen molar-refractivity contribution in [2.45, 2.75) is 13.1 Å². The summed E-state index contributed by atoms with van der Waals surface area (Å²) in [5.41, 5.74) is 2.39. The van der Waals surface area contributed by atoms with Crippen LogP contribution in [0.4, 0.5) is 0 Å². The van der Waals surface area contributed by atoms with Crippen molar-refractivity contribution in [3.8, 4) is 0 Å². The van der Waals surface area contributed by atoms with Crippen LogP contribution in [0.2, 0.25) is 0 Å². The zero-order valence-electron chi connectivity index (χ0n) is 9.64. The average Bonchev–Trinajstić information content (AvgIpc) is 2.97. The van der Waals surface area contributed by atoms with E-state index in [2.05, 4.69) is 43.9 Å². The second-order valence-electron chi connectivity index (χ2n) is 4.04. The minimum absolute atomic E-state index is 0.836. The van der Waals surface area contributed by atoms with Crippen molar-refractivity contribution in [3.05, 3.63) is 57.0 Å². The molecule has 3 heterocycles. The Morgan fingerprint density at radius 2 is 2.28 bits per heavy atom. The van der Waals surface area contributed by atoms with E-state index in [0.29, 0.717) is 0 Å². The smallest absolute Gasteiger partial charge is 0.0706 e. The first-order valence-corrected chi connectivity index (χ1v) is 7.35. The summed E-state index contributed by atoms with van der Waals surface area (Å²) < 4.78 is 3.05. The largest absolute Gasteiger partial charge is 0.308 e. The maximum Gasteiger partial charge on any atom is 0.0706 e. The van der Waals surface area contributed by atoms with Crippen LogP contribution in [0.1, 0.15) is 10.4 Å². The molecule has 1 N–H and O–H groups in total. The van der Waals surface area contributed by atoms with Crippen LogP contribution in [0.25, 0.3) is 5.52 Å². The Balaban J connectivity index is 1.66. The Morgan fingerprint density at radius 3 is 3.11 bits per heavy atom. The molecule has 0 saturated heterocycles. The number of halogens is 1. The molecule has 3 aromatic rings. The lowest BCUT2D eigenvalue weighted by Gasteiger charge is -2.01. The normalized spacial score (nSPS) is 11.2. The third-order valence-electron chi connectivity index (χ3n) is 2.74. The van der Waals surface area contributed by atoms with Crippen LogP contribution in [-0.2, 0) is 13.1 Å². The quantitative estimate of drug-likeness (QED) is 0.797. The molecule has 0 unspecified atom stereocenters. The second kappa shape index (κ2) is 5.22. The fraction of sp³-hybridized carbons (Fsp3) is 0.154. The maximum absolute atomic E-state index is 4.32. The van der Waals surface area contributed by atoms with Gasteiger partial charge in [0, 0.05) is 39.6 Å². The molecule has 0 saturated carbocycles. The third kappa shape index (κ3) is 2.48. The summed E-state index contributed by atoms with van der Waals surface area (Å²) in [6.07, 6.45) is 3.89. The average molecular weight is 322 g/mol. The monoisotopic (exact) mass is 321 g/mol. The molecule has 0 amide bonds. The standard InChI is InChI=1S/C13H12BrN3S/c14-11-5-12(18-9-11)8-15-6-10-7-16-17-4-2-1-3-13(10)17/h1-5,7,9,15H,6,8H2. The van der Waals surface area contributed by atoms with Gasteiger partial charge in [0.1, 0.15) is 0 Å². The Kier molecular flexibility index (Phi) is 3.45. The van der Waals surface area contributed by atoms with Gasteiger partial charge in [0.25, 0.3) is 0 Å². The van der Waals surface area contributed by atoms with Crippen LogP contribution in [-0.4, -0.2) is 9.61 Å². The van der Waals surface area contributed by atoms with Gasteiger partial charge in [-0.15, -0.1) is 11.3 Å². The van der Waals surface area contributed by atoms with Gasteiger partial charge in [0.05, 0.1) is 11.7 Å². The van der Waals surface area contributed by atoms with Crippen molar-refractivity contribution < 1.29 is 0 Å². The molecule has 0 aliphatic carbocycles. The van der Waals surface area contributed by atoms with Crippen LogP contribution >= 0.6 is 27.3 Å². The van der Waals surface area contributed by atoms with Crippen LogP contribution in [0, 0.1) is 0 Å². The maximum atomic E-state index is 4.32. The molecule has 0 bridgehead atoms. The fourth-order valence-corrected chi connectivity index (χ4v) is 3.31. The summed E-state index contributed by atoms with van der Waals surface area (Å²) in [6, 6.07) is 8.26. The van der Waals surface area contributed by atoms with Gasteiger partial charge >= 0.3 is 0 Å². The molecular weight excluding hydrogens is 310 g/mol. The van der Waals surface area contributed by atoms with Crippen LogP contribution in [0.5, 0.6) is 0 Å². The van der Waals surface area contributed by atoms with Crippen molar-refractivity contribution in [1.82, 2.24) is 14.9 Å². The van der Waals surface area contributed by atoms with Gasteiger partial charge in [-0.3, -0.25) is 0 Å². The van der Waals surface area contributed by atoms with Gasteiger partial charge in [0.2, 0.25) is 0 Å². The van der Waals surface area contributed by atoms with Crippen molar-refractivity contribution in [2.24, 2.45) is 0 Å². The molecule has 5 heteroatoms. The number of hydrogen-bond donors (Lipinski definition) is 1. The highest BCUT2D eigenvalue weighted by atomic mass is 79.9. The lowest BCUT2D eigenvalue weighted by molar-refractivity contribution is 0.704. The minimum Gasteiger partial charge on any atom is -0.308 e. The molecule has 0 aliphatic rings. The summed E-state index contributed by atoms with van der Waals surface area (Å²) in [7, 11) is 0. The molecule has 0 aromatic carbocycles. The van der Waals surface area contributed by atoms with E-state index >= 15 is 0 Å². The summed E-state index contributed by atoms with van der Waals surface area (Å²) >= 11 is 5.22. The zero-order chi connectivity index (χ0) is 12.4. The number of nitrogens with zero attached hydrogens (tertiary/aromatic N) is 2. The van der Waals surface area contributed by atoms with E-state index in [4.69, 9.17) is 0 Å². The molecule has 92 valence electrons. The zero-order valence-corrected chi connectivity index (χ0v) is 12.0. The molecule has 3 rings (SSSR count). The summed E-state index contributed by atoms with van der Waals surface area (Å²) in [5, 5.41) is 9.87. The number of fused-ring (bicyclic) bond motifs is 1. The molecule has 0 radical (unpaired) electrons. The fourth-order valence-electron chi connectivity index (χ4n) is 1.89. The van der Waals surface area contributed by atoms with E-state index in [9.17, 15) is 0 Å². The van der Waals surface area contributed by atoms with Crippen molar-refractivity contribution in [3.63, 3.8) is 0 Å². The Hall–Kier alpha value is -1.17. The van der Waals surface area contributed by atoms with E-state index < -0.39 is 0 Å². The van der Waals surface area contributed by atoms with Crippen LogP contribution < -0.4 is 5.32 Å². The lowest BCUT2D eigenvalue weighted by atomic mass is 10.2. The summed E-state index contributed by atoms with van der Waals surface area (Å²) in [6.45, 7) is 1.73. The van der Waals surface area contributed by atoms with Gasteiger partial charge in [-0.2, -0.15) is 5.10 Å². The van der Waals surface area contributed by atoms with E-state index in [1.54, 1.807) is 11.3 Å². The van der Waals surface area contributed by atoms with Gasteiger partial charge in [-0.1, -0.05) is 6.07 Å². The van der Waals surface area contributed by atoms with Crippen LogP contribution in [0.15, 0.2) is 46.5 Å². The van der Waals surface area contributed by atoms with Crippen LogP contribution in [0.3, 0.4) is 0 Å². The Morgan fingerprint density at radius 1 is 1.33 bits per heavy atom. The first kappa shape index (κ1) is 11.9. The van der Waals surface area contributed by atoms with Gasteiger partial charge < -0.3 is 5.32 Å². The predicted octanol–water partition coefficient (Wildman–Crippen LogP) is 3.45. The highest BCUT2D eigenvalue weighted by Gasteiger charge is 2.03.